The zero-order valence-electron chi connectivity index (χ0n) is 20.8. The standard InChI is InChI=1S/C27H32N4O4/c1-17-8-9-21-20(12-17)19-6-5-7-22-26(19)31(21)11-10-30(22)16-25(32)29-28-15-18-13-23(33-2)27(35-4)24(14-18)34-3/h8-9,12-15,22H,5-7,10-11,16H2,1-4H3,(H,29,32). The quantitative estimate of drug-likeness (QED) is 0.414. The number of amides is 1. The lowest BCUT2D eigenvalue weighted by atomic mass is 9.89. The smallest absolute Gasteiger partial charge is 0.254 e. The molecule has 8 nitrogen and oxygen atoms in total. The Morgan fingerprint density at radius 3 is 2.60 bits per heavy atom. The van der Waals surface area contributed by atoms with Gasteiger partial charge in [-0.2, -0.15) is 5.10 Å². The third kappa shape index (κ3) is 4.23. The first-order valence-corrected chi connectivity index (χ1v) is 12.0. The molecular formula is C27H32N4O4. The van der Waals surface area contributed by atoms with Gasteiger partial charge in [0.1, 0.15) is 0 Å². The molecule has 1 aliphatic heterocycles. The van der Waals surface area contributed by atoms with Gasteiger partial charge in [0.2, 0.25) is 5.75 Å². The Hall–Kier alpha value is -3.52. The lowest BCUT2D eigenvalue weighted by Gasteiger charge is -2.39. The molecule has 0 spiro atoms. The molecule has 1 amide bonds. The number of carbonyl (C=O) groups is 1. The second-order valence-electron chi connectivity index (χ2n) is 9.17. The van der Waals surface area contributed by atoms with Crippen molar-refractivity contribution in [1.29, 1.82) is 0 Å². The number of hydrazone groups is 1. The normalized spacial score (nSPS) is 17.4. The fourth-order valence-corrected chi connectivity index (χ4v) is 5.55. The largest absolute Gasteiger partial charge is 0.493 e. The van der Waals surface area contributed by atoms with Crippen molar-refractivity contribution in [2.45, 2.75) is 38.8 Å². The minimum absolute atomic E-state index is 0.124. The Labute approximate surface area is 205 Å². The van der Waals surface area contributed by atoms with Crippen LogP contribution in [0.5, 0.6) is 17.2 Å². The average molecular weight is 477 g/mol. The number of aromatic nitrogens is 1. The van der Waals surface area contributed by atoms with Crippen LogP contribution in [0, 0.1) is 6.92 Å². The van der Waals surface area contributed by atoms with Crippen LogP contribution in [0.1, 0.15) is 41.3 Å². The van der Waals surface area contributed by atoms with Crippen molar-refractivity contribution in [1.82, 2.24) is 14.9 Å². The first kappa shape index (κ1) is 23.2. The first-order chi connectivity index (χ1) is 17.0. The molecule has 0 saturated carbocycles. The van der Waals surface area contributed by atoms with Gasteiger partial charge < -0.3 is 18.8 Å². The lowest BCUT2D eigenvalue weighted by molar-refractivity contribution is -0.123. The van der Waals surface area contributed by atoms with Crippen LogP contribution in [0.4, 0.5) is 0 Å². The topological polar surface area (TPSA) is 77.3 Å². The number of aryl methyl sites for hydroxylation is 2. The highest BCUT2D eigenvalue weighted by atomic mass is 16.5. The summed E-state index contributed by atoms with van der Waals surface area (Å²) in [6.07, 6.45) is 4.90. The average Bonchev–Trinajstić information content (AvgIpc) is 3.19. The number of ether oxygens (including phenoxy) is 3. The van der Waals surface area contributed by atoms with Crippen molar-refractivity contribution in [2.75, 3.05) is 34.4 Å². The number of nitrogens with zero attached hydrogens (tertiary/aromatic N) is 3. The maximum absolute atomic E-state index is 12.8. The summed E-state index contributed by atoms with van der Waals surface area (Å²) in [5, 5.41) is 5.56. The van der Waals surface area contributed by atoms with E-state index in [1.54, 1.807) is 39.7 Å². The Morgan fingerprint density at radius 1 is 1.11 bits per heavy atom. The zero-order chi connectivity index (χ0) is 24.5. The highest BCUT2D eigenvalue weighted by molar-refractivity contribution is 5.87. The number of benzene rings is 2. The third-order valence-corrected chi connectivity index (χ3v) is 7.08. The van der Waals surface area contributed by atoms with Crippen LogP contribution in [0.15, 0.2) is 35.4 Å². The molecule has 2 aromatic carbocycles. The monoisotopic (exact) mass is 476 g/mol. The van der Waals surface area contributed by atoms with E-state index in [4.69, 9.17) is 14.2 Å². The summed E-state index contributed by atoms with van der Waals surface area (Å²) in [4.78, 5) is 15.1. The first-order valence-electron chi connectivity index (χ1n) is 12.0. The molecule has 8 heteroatoms. The van der Waals surface area contributed by atoms with E-state index in [0.717, 1.165) is 37.9 Å². The van der Waals surface area contributed by atoms with E-state index < -0.39 is 0 Å². The molecule has 1 aromatic heterocycles. The molecule has 1 atom stereocenters. The summed E-state index contributed by atoms with van der Waals surface area (Å²) >= 11 is 0. The zero-order valence-corrected chi connectivity index (χ0v) is 20.8. The fourth-order valence-electron chi connectivity index (χ4n) is 5.55. The van der Waals surface area contributed by atoms with Gasteiger partial charge in [0.05, 0.1) is 40.1 Å². The molecule has 1 N–H and O–H groups in total. The molecule has 1 unspecified atom stereocenters. The molecule has 0 bridgehead atoms. The third-order valence-electron chi connectivity index (χ3n) is 7.08. The molecular weight excluding hydrogens is 444 g/mol. The van der Waals surface area contributed by atoms with Gasteiger partial charge in [0.25, 0.3) is 5.91 Å². The van der Waals surface area contributed by atoms with Crippen LogP contribution in [0.3, 0.4) is 0 Å². The fraction of sp³-hybridized carbons (Fsp3) is 0.407. The maximum Gasteiger partial charge on any atom is 0.254 e. The Kier molecular flexibility index (Phi) is 6.38. The summed E-state index contributed by atoms with van der Waals surface area (Å²) < 4.78 is 18.6. The molecule has 35 heavy (non-hydrogen) atoms. The highest BCUT2D eigenvalue weighted by Gasteiger charge is 2.35. The maximum atomic E-state index is 12.8. The van der Waals surface area contributed by atoms with Gasteiger partial charge in [0, 0.05) is 35.2 Å². The number of fused-ring (bicyclic) bond motifs is 3. The van der Waals surface area contributed by atoms with Crippen molar-refractivity contribution < 1.29 is 19.0 Å². The van der Waals surface area contributed by atoms with E-state index in [-0.39, 0.29) is 11.9 Å². The van der Waals surface area contributed by atoms with Gasteiger partial charge in [0.15, 0.2) is 11.5 Å². The van der Waals surface area contributed by atoms with E-state index in [0.29, 0.717) is 23.8 Å². The van der Waals surface area contributed by atoms with Gasteiger partial charge in [-0.3, -0.25) is 9.69 Å². The van der Waals surface area contributed by atoms with E-state index in [1.165, 1.54) is 27.7 Å². The Bertz CT molecular complexity index is 1270. The number of nitrogens with one attached hydrogen (secondary N) is 1. The van der Waals surface area contributed by atoms with Crippen molar-refractivity contribution in [3.05, 3.63) is 52.7 Å². The second kappa shape index (κ2) is 9.62. The molecule has 0 saturated heterocycles. The summed E-state index contributed by atoms with van der Waals surface area (Å²) in [6.45, 7) is 4.21. The van der Waals surface area contributed by atoms with Gasteiger partial charge in [-0.25, -0.2) is 5.43 Å². The van der Waals surface area contributed by atoms with E-state index >= 15 is 0 Å². The van der Waals surface area contributed by atoms with Crippen LogP contribution in [0.2, 0.25) is 0 Å². The van der Waals surface area contributed by atoms with Crippen molar-refractivity contribution in [2.24, 2.45) is 5.10 Å². The van der Waals surface area contributed by atoms with Gasteiger partial charge in [-0.15, -0.1) is 0 Å². The van der Waals surface area contributed by atoms with Crippen molar-refractivity contribution >= 4 is 23.0 Å². The summed E-state index contributed by atoms with van der Waals surface area (Å²) in [5.41, 5.74) is 8.90. The van der Waals surface area contributed by atoms with Crippen LogP contribution in [-0.2, 0) is 17.8 Å². The lowest BCUT2D eigenvalue weighted by Crippen LogP contribution is -2.44. The van der Waals surface area contributed by atoms with Crippen LogP contribution in [0.25, 0.3) is 10.9 Å². The van der Waals surface area contributed by atoms with Crippen molar-refractivity contribution in [3.63, 3.8) is 0 Å². The number of methoxy groups -OCH3 is 3. The summed E-state index contributed by atoms with van der Waals surface area (Å²) in [5.74, 6) is 1.46. The number of carbonyl (C=O) groups excluding carboxylic acids is 1. The van der Waals surface area contributed by atoms with Crippen LogP contribution in [-0.4, -0.2) is 56.0 Å². The summed E-state index contributed by atoms with van der Waals surface area (Å²) in [6, 6.07) is 10.6. The molecule has 1 aliphatic carbocycles. The van der Waals surface area contributed by atoms with Gasteiger partial charge in [-0.05, 0) is 56.0 Å². The highest BCUT2D eigenvalue weighted by Crippen LogP contribution is 2.42. The van der Waals surface area contributed by atoms with Crippen LogP contribution < -0.4 is 19.6 Å². The minimum Gasteiger partial charge on any atom is -0.493 e. The molecule has 2 aliphatic rings. The second-order valence-corrected chi connectivity index (χ2v) is 9.17. The molecule has 2 heterocycles. The number of rotatable bonds is 7. The SMILES string of the molecule is COc1cc(C=NNC(=O)CN2CCn3c4c(c5cc(C)ccc53)CCCC42)cc(OC)c1OC. The molecule has 5 rings (SSSR count). The predicted octanol–water partition coefficient (Wildman–Crippen LogP) is 3.82. The molecule has 3 aromatic rings. The van der Waals surface area contributed by atoms with Gasteiger partial charge in [-0.1, -0.05) is 11.6 Å². The van der Waals surface area contributed by atoms with Crippen LogP contribution >= 0.6 is 0 Å². The van der Waals surface area contributed by atoms with E-state index in [2.05, 4.69) is 45.1 Å². The molecule has 0 radical (unpaired) electrons. The molecule has 0 fully saturated rings. The van der Waals surface area contributed by atoms with E-state index in [1.807, 2.05) is 0 Å². The van der Waals surface area contributed by atoms with E-state index in [9.17, 15) is 4.79 Å². The predicted molar refractivity (Wildman–Crippen MR) is 136 cm³/mol. The number of hydrogen-bond donors (Lipinski definition) is 1. The minimum atomic E-state index is -0.124. The van der Waals surface area contributed by atoms with Gasteiger partial charge >= 0.3 is 0 Å². The molecule has 184 valence electrons. The Balaban J connectivity index is 1.30. The summed E-state index contributed by atoms with van der Waals surface area (Å²) in [7, 11) is 4.69. The Morgan fingerprint density at radius 2 is 1.89 bits per heavy atom. The number of hydrogen-bond acceptors (Lipinski definition) is 6. The van der Waals surface area contributed by atoms with Crippen molar-refractivity contribution in [3.8, 4) is 17.2 Å².